The number of sulfonamides is 1. The fourth-order valence-electron chi connectivity index (χ4n) is 2.92. The molecule has 0 radical (unpaired) electrons. The number of carbonyl (C=O) groups excluding carboxylic acids is 1. The zero-order chi connectivity index (χ0) is 23.0. The molecule has 3 aromatic rings. The van der Waals surface area contributed by atoms with Crippen molar-refractivity contribution in [3.63, 3.8) is 0 Å². The third-order valence-electron chi connectivity index (χ3n) is 4.54. The summed E-state index contributed by atoms with van der Waals surface area (Å²) < 4.78 is 28.3. The van der Waals surface area contributed by atoms with E-state index in [1.165, 1.54) is 30.5 Å². The fraction of sp³-hybridized carbons (Fsp3) is 0.130. The number of aromatic hydroxyl groups is 1. The Morgan fingerprint density at radius 2 is 1.75 bits per heavy atom. The molecule has 9 heteroatoms. The highest BCUT2D eigenvalue weighted by atomic mass is 79.9. The van der Waals surface area contributed by atoms with Gasteiger partial charge >= 0.3 is 0 Å². The fourth-order valence-corrected chi connectivity index (χ4v) is 4.58. The minimum atomic E-state index is -3.90. The van der Waals surface area contributed by atoms with Gasteiger partial charge in [0, 0.05) is 11.0 Å². The van der Waals surface area contributed by atoms with Crippen LogP contribution in [0.3, 0.4) is 0 Å². The Hall–Kier alpha value is -3.01. The number of hydrazone groups is 1. The molecule has 0 unspecified atom stereocenters. The second kappa shape index (κ2) is 11.0. The number of phenols is 1. The van der Waals surface area contributed by atoms with E-state index in [2.05, 4.69) is 26.5 Å². The van der Waals surface area contributed by atoms with E-state index in [1.54, 1.807) is 24.3 Å². The van der Waals surface area contributed by atoms with Gasteiger partial charge < -0.3 is 5.11 Å². The van der Waals surface area contributed by atoms with E-state index in [9.17, 15) is 18.3 Å². The van der Waals surface area contributed by atoms with Gasteiger partial charge in [-0.1, -0.05) is 58.4 Å². The first-order valence-corrected chi connectivity index (χ1v) is 12.0. The van der Waals surface area contributed by atoms with E-state index in [-0.39, 0.29) is 23.7 Å². The Balaban J connectivity index is 1.73. The zero-order valence-electron chi connectivity index (χ0n) is 17.1. The molecule has 0 fully saturated rings. The van der Waals surface area contributed by atoms with E-state index in [1.807, 2.05) is 30.3 Å². The van der Waals surface area contributed by atoms with Gasteiger partial charge in [-0.2, -0.15) is 9.41 Å². The number of hydrogen-bond acceptors (Lipinski definition) is 5. The summed E-state index contributed by atoms with van der Waals surface area (Å²) in [5.74, 6) is -0.497. The van der Waals surface area contributed by atoms with Crippen LogP contribution in [-0.4, -0.2) is 43.0 Å². The van der Waals surface area contributed by atoms with Crippen LogP contribution in [0.2, 0.25) is 0 Å². The molecule has 32 heavy (non-hydrogen) atoms. The topological polar surface area (TPSA) is 99.1 Å². The molecule has 0 aromatic heterocycles. The summed E-state index contributed by atoms with van der Waals surface area (Å²) >= 11 is 3.30. The first-order chi connectivity index (χ1) is 15.3. The minimum Gasteiger partial charge on any atom is -0.508 e. The Morgan fingerprint density at radius 1 is 1.03 bits per heavy atom. The van der Waals surface area contributed by atoms with E-state index >= 15 is 0 Å². The molecule has 7 nitrogen and oxygen atoms in total. The highest BCUT2D eigenvalue weighted by molar-refractivity contribution is 9.10. The minimum absolute atomic E-state index is 0.0768. The summed E-state index contributed by atoms with van der Waals surface area (Å²) in [6.07, 6.45) is 1.82. The number of amides is 1. The molecule has 0 bridgehead atoms. The molecule has 166 valence electrons. The molecule has 0 atom stereocenters. The van der Waals surface area contributed by atoms with E-state index in [4.69, 9.17) is 0 Å². The summed E-state index contributed by atoms with van der Waals surface area (Å²) in [5, 5.41) is 13.3. The lowest BCUT2D eigenvalue weighted by Gasteiger charge is -2.21. The van der Waals surface area contributed by atoms with Crippen LogP contribution in [0.4, 0.5) is 0 Å². The summed E-state index contributed by atoms with van der Waals surface area (Å²) in [6, 6.07) is 22.1. The van der Waals surface area contributed by atoms with Crippen LogP contribution < -0.4 is 5.43 Å². The Kier molecular flexibility index (Phi) is 8.15. The van der Waals surface area contributed by atoms with Gasteiger partial charge in [-0.25, -0.2) is 13.8 Å². The van der Waals surface area contributed by atoms with Gasteiger partial charge in [0.05, 0.1) is 17.7 Å². The maximum absolute atomic E-state index is 13.2. The molecule has 0 spiro atoms. The van der Waals surface area contributed by atoms with E-state index < -0.39 is 15.9 Å². The highest BCUT2D eigenvalue weighted by Crippen LogP contribution is 2.19. The maximum Gasteiger partial charge on any atom is 0.255 e. The van der Waals surface area contributed by atoms with Crippen molar-refractivity contribution in [3.05, 3.63) is 94.5 Å². The molecule has 0 aliphatic carbocycles. The quantitative estimate of drug-likeness (QED) is 0.336. The first-order valence-electron chi connectivity index (χ1n) is 9.75. The van der Waals surface area contributed by atoms with Crippen LogP contribution in [-0.2, 0) is 21.2 Å². The smallest absolute Gasteiger partial charge is 0.255 e. The van der Waals surface area contributed by atoms with Crippen LogP contribution in [0.5, 0.6) is 5.75 Å². The lowest BCUT2D eigenvalue weighted by Crippen LogP contribution is -2.40. The van der Waals surface area contributed by atoms with Crippen molar-refractivity contribution in [3.8, 4) is 5.75 Å². The van der Waals surface area contributed by atoms with Crippen molar-refractivity contribution in [1.29, 1.82) is 0 Å². The van der Waals surface area contributed by atoms with E-state index in [0.717, 1.165) is 14.3 Å². The number of hydrogen-bond donors (Lipinski definition) is 2. The number of halogens is 1. The number of benzene rings is 3. The van der Waals surface area contributed by atoms with Gasteiger partial charge in [0.2, 0.25) is 10.0 Å². The van der Waals surface area contributed by atoms with Crippen molar-refractivity contribution in [2.45, 2.75) is 11.3 Å². The standard InChI is InChI=1S/C23H22BrN3O4S/c24-20-9-11-22(12-10-20)32(30,31)27(14-13-18-5-2-1-3-6-18)17-23(29)26-25-16-19-7-4-8-21(28)15-19/h1-12,15-16,28H,13-14,17H2,(H,26,29)/b25-16-. The van der Waals surface area contributed by atoms with Crippen LogP contribution in [0.25, 0.3) is 0 Å². The van der Waals surface area contributed by atoms with Crippen molar-refractivity contribution < 1.29 is 18.3 Å². The number of nitrogens with zero attached hydrogens (tertiary/aromatic N) is 2. The third-order valence-corrected chi connectivity index (χ3v) is 6.93. The summed E-state index contributed by atoms with van der Waals surface area (Å²) in [5.41, 5.74) is 3.90. The molecular weight excluding hydrogens is 494 g/mol. The van der Waals surface area contributed by atoms with Crippen molar-refractivity contribution in [2.24, 2.45) is 5.10 Å². The molecule has 0 heterocycles. The average molecular weight is 516 g/mol. The SMILES string of the molecule is O=C(CN(CCc1ccccc1)S(=O)(=O)c1ccc(Br)cc1)N/N=C\c1cccc(O)c1. The van der Waals surface area contributed by atoms with Gasteiger partial charge in [0.1, 0.15) is 5.75 Å². The lowest BCUT2D eigenvalue weighted by atomic mass is 10.1. The number of rotatable bonds is 9. The van der Waals surface area contributed by atoms with Gasteiger partial charge in [-0.15, -0.1) is 0 Å². The van der Waals surface area contributed by atoms with Crippen LogP contribution in [0.15, 0.2) is 93.3 Å². The average Bonchev–Trinajstić information content (AvgIpc) is 2.77. The Morgan fingerprint density at radius 3 is 2.44 bits per heavy atom. The Labute approximate surface area is 195 Å². The van der Waals surface area contributed by atoms with Crippen LogP contribution in [0, 0.1) is 0 Å². The summed E-state index contributed by atoms with van der Waals surface area (Å²) in [7, 11) is -3.90. The van der Waals surface area contributed by atoms with E-state index in [0.29, 0.717) is 12.0 Å². The van der Waals surface area contributed by atoms with Gasteiger partial charge in [0.15, 0.2) is 0 Å². The number of phenolic OH excluding ortho intramolecular Hbond substituents is 1. The molecular formula is C23H22BrN3O4S. The van der Waals surface area contributed by atoms with Crippen molar-refractivity contribution in [1.82, 2.24) is 9.73 Å². The monoisotopic (exact) mass is 515 g/mol. The summed E-state index contributed by atoms with van der Waals surface area (Å²) in [4.78, 5) is 12.6. The second-order valence-corrected chi connectivity index (χ2v) is 9.77. The first kappa shape index (κ1) is 23.6. The van der Waals surface area contributed by atoms with Gasteiger partial charge in [-0.3, -0.25) is 4.79 Å². The second-order valence-electron chi connectivity index (χ2n) is 6.92. The largest absolute Gasteiger partial charge is 0.508 e. The molecule has 0 aliphatic heterocycles. The molecule has 1 amide bonds. The van der Waals surface area contributed by atoms with Crippen molar-refractivity contribution in [2.75, 3.05) is 13.1 Å². The molecule has 3 rings (SSSR count). The molecule has 0 saturated carbocycles. The van der Waals surface area contributed by atoms with Crippen LogP contribution in [0.1, 0.15) is 11.1 Å². The summed E-state index contributed by atoms with van der Waals surface area (Å²) in [6.45, 7) is -0.255. The number of nitrogens with one attached hydrogen (secondary N) is 1. The highest BCUT2D eigenvalue weighted by Gasteiger charge is 2.26. The number of carbonyl (C=O) groups is 1. The Bertz CT molecular complexity index is 1180. The molecule has 3 aromatic carbocycles. The molecule has 0 aliphatic rings. The third kappa shape index (κ3) is 6.74. The lowest BCUT2D eigenvalue weighted by molar-refractivity contribution is -0.121. The molecule has 0 saturated heterocycles. The van der Waals surface area contributed by atoms with Crippen LogP contribution >= 0.6 is 15.9 Å². The maximum atomic E-state index is 13.2. The van der Waals surface area contributed by atoms with Gasteiger partial charge in [-0.05, 0) is 53.9 Å². The van der Waals surface area contributed by atoms with Gasteiger partial charge in [0.25, 0.3) is 5.91 Å². The van der Waals surface area contributed by atoms with Crippen molar-refractivity contribution >= 4 is 38.1 Å². The normalized spacial score (nSPS) is 11.7. The predicted octanol–water partition coefficient (Wildman–Crippen LogP) is 3.54. The predicted molar refractivity (Wildman–Crippen MR) is 127 cm³/mol. The zero-order valence-corrected chi connectivity index (χ0v) is 19.5. The molecule has 2 N–H and O–H groups in total.